The number of esters is 2. The number of pyridine rings is 2. The number of allylic oxidation sites excluding steroid dienone is 1. The lowest BCUT2D eigenvalue weighted by Gasteiger charge is -2.32. The van der Waals surface area contributed by atoms with Gasteiger partial charge >= 0.3 is 24.1 Å². The molecule has 1 saturated carbocycles. The van der Waals surface area contributed by atoms with Crippen molar-refractivity contribution in [1.82, 2.24) is 20.2 Å². The van der Waals surface area contributed by atoms with E-state index in [1.165, 1.54) is 12.0 Å². The molecule has 0 spiro atoms. The van der Waals surface area contributed by atoms with Gasteiger partial charge in [0.25, 0.3) is 0 Å². The Labute approximate surface area is 331 Å². The molecule has 2 fully saturated rings. The van der Waals surface area contributed by atoms with Crippen LogP contribution in [-0.4, -0.2) is 94.7 Å². The van der Waals surface area contributed by atoms with E-state index in [9.17, 15) is 19.2 Å². The molecule has 0 bridgehead atoms. The van der Waals surface area contributed by atoms with E-state index in [0.717, 1.165) is 43.9 Å². The molecule has 2 aromatic rings. The molecule has 1 aliphatic heterocycles. The molecule has 1 aliphatic carbocycles. The maximum Gasteiger partial charge on any atom is 0.411 e. The summed E-state index contributed by atoms with van der Waals surface area (Å²) in [5.41, 5.74) is -0.737. The van der Waals surface area contributed by atoms with Gasteiger partial charge in [0.2, 0.25) is 5.88 Å². The third-order valence-corrected chi connectivity index (χ3v) is 9.24. The lowest BCUT2D eigenvalue weighted by Crippen LogP contribution is -2.51. The molecule has 0 unspecified atom stereocenters. The molecule has 56 heavy (non-hydrogen) atoms. The second-order valence-corrected chi connectivity index (χ2v) is 17.7. The minimum Gasteiger partial charge on any atom is -0.492 e. The second kappa shape index (κ2) is 18.5. The van der Waals surface area contributed by atoms with Crippen molar-refractivity contribution in [3.05, 3.63) is 30.1 Å². The van der Waals surface area contributed by atoms with E-state index in [1.807, 2.05) is 32.9 Å². The van der Waals surface area contributed by atoms with Crippen molar-refractivity contribution in [3.8, 4) is 11.6 Å². The van der Waals surface area contributed by atoms with E-state index in [0.29, 0.717) is 29.3 Å². The summed E-state index contributed by atoms with van der Waals surface area (Å²) in [6, 6.07) is 0.0553. The van der Waals surface area contributed by atoms with Gasteiger partial charge in [-0.05, 0) is 97.1 Å². The molecular formula is C42H62N4O10. The Hall–Kier alpha value is -4.62. The summed E-state index contributed by atoms with van der Waals surface area (Å²) < 4.78 is 34.8. The first kappa shape index (κ1) is 44.1. The molecule has 0 aromatic carbocycles. The molecule has 3 heterocycles. The number of amides is 2. The number of aromatic nitrogens is 2. The Kier molecular flexibility index (Phi) is 14.6. The van der Waals surface area contributed by atoms with Crippen LogP contribution in [0.25, 0.3) is 17.0 Å². The molecule has 1 saturated heterocycles. The van der Waals surface area contributed by atoms with Crippen LogP contribution in [0.1, 0.15) is 120 Å². The van der Waals surface area contributed by atoms with Crippen LogP contribution in [0.4, 0.5) is 9.59 Å². The lowest BCUT2D eigenvalue weighted by atomic mass is 9.86. The fraction of sp³-hybridized carbons (Fsp3) is 0.667. The second-order valence-electron chi connectivity index (χ2n) is 17.7. The number of fused-ring (bicyclic) bond motifs is 1. The third kappa shape index (κ3) is 12.7. The molecule has 2 aliphatic rings. The Balaban J connectivity index is 1.45. The molecule has 1 N–H and O–H groups in total. The summed E-state index contributed by atoms with van der Waals surface area (Å²) >= 11 is 0. The lowest BCUT2D eigenvalue weighted by molar-refractivity contribution is -0.160. The topological polar surface area (TPSA) is 165 Å². The fourth-order valence-electron chi connectivity index (χ4n) is 6.35. The molecule has 14 nitrogen and oxygen atoms in total. The first-order valence-corrected chi connectivity index (χ1v) is 19.7. The summed E-state index contributed by atoms with van der Waals surface area (Å²) in [4.78, 5) is 62.1. The molecular weight excluding hydrogens is 720 g/mol. The number of carbonyl (C=O) groups excluding carboxylic acids is 4. The normalized spacial score (nSPS) is 20.4. The van der Waals surface area contributed by atoms with E-state index in [2.05, 4.69) is 17.2 Å². The zero-order chi connectivity index (χ0) is 41.4. The Morgan fingerprint density at radius 1 is 1.00 bits per heavy atom. The first-order valence-electron chi connectivity index (χ1n) is 19.7. The highest BCUT2D eigenvalue weighted by atomic mass is 16.6. The van der Waals surface area contributed by atoms with E-state index < -0.39 is 58.9 Å². The van der Waals surface area contributed by atoms with Gasteiger partial charge in [0.05, 0.1) is 36.7 Å². The third-order valence-electron chi connectivity index (χ3n) is 9.24. The van der Waals surface area contributed by atoms with Crippen LogP contribution in [-0.2, 0) is 28.5 Å². The van der Waals surface area contributed by atoms with Crippen molar-refractivity contribution >= 4 is 41.1 Å². The summed E-state index contributed by atoms with van der Waals surface area (Å²) in [5, 5.41) is 3.47. The minimum atomic E-state index is -0.880. The van der Waals surface area contributed by atoms with E-state index in [1.54, 1.807) is 60.0 Å². The molecule has 0 radical (unpaired) electrons. The molecule has 2 amide bonds. The predicted octanol–water partition coefficient (Wildman–Crippen LogP) is 7.79. The monoisotopic (exact) mass is 782 g/mol. The van der Waals surface area contributed by atoms with Crippen LogP contribution in [0.3, 0.4) is 0 Å². The van der Waals surface area contributed by atoms with Crippen molar-refractivity contribution in [2.75, 3.05) is 20.3 Å². The van der Waals surface area contributed by atoms with Gasteiger partial charge in [0, 0.05) is 18.8 Å². The predicted molar refractivity (Wildman–Crippen MR) is 211 cm³/mol. The molecule has 310 valence electrons. The number of nitrogens with one attached hydrogen (secondary N) is 1. The first-order chi connectivity index (χ1) is 26.2. The molecule has 14 heteroatoms. The highest BCUT2D eigenvalue weighted by Gasteiger charge is 2.44. The fourth-order valence-corrected chi connectivity index (χ4v) is 6.35. The SMILES string of the molecule is CCCCOc1c(/C=C/CCC[C@@H]2C[C@H]2OC(=O)N[C@H](C(=O)OC(C)(C)C)C(C)(C)C)c(O[C@@H]2C[C@@H](C(=O)OC)N(C(=O)OC(C)(C)C)C2)nc2ccncc12. The number of unbranched alkanes of at least 4 members (excludes halogenated alkanes) is 2. The number of hydrogen-bond donors (Lipinski definition) is 1. The average Bonchev–Trinajstić information content (AvgIpc) is 3.68. The smallest absolute Gasteiger partial charge is 0.411 e. The number of alkyl carbamates (subject to hydrolysis) is 1. The van der Waals surface area contributed by atoms with Crippen LogP contribution in [0.2, 0.25) is 0 Å². The number of carbonyl (C=O) groups is 4. The molecule has 2 aromatic heterocycles. The maximum atomic E-state index is 13.1. The van der Waals surface area contributed by atoms with E-state index in [-0.39, 0.29) is 25.0 Å². The minimum absolute atomic E-state index is 0.0977. The Bertz CT molecular complexity index is 1720. The van der Waals surface area contributed by atoms with E-state index in [4.69, 9.17) is 33.4 Å². The largest absolute Gasteiger partial charge is 0.492 e. The van der Waals surface area contributed by atoms with Crippen molar-refractivity contribution in [2.24, 2.45) is 11.3 Å². The van der Waals surface area contributed by atoms with Gasteiger partial charge < -0.3 is 33.7 Å². The summed E-state index contributed by atoms with van der Waals surface area (Å²) in [7, 11) is 1.29. The van der Waals surface area contributed by atoms with Crippen molar-refractivity contribution in [3.63, 3.8) is 0 Å². The van der Waals surface area contributed by atoms with Crippen molar-refractivity contribution < 1.29 is 47.6 Å². The number of ether oxygens (including phenoxy) is 6. The Morgan fingerprint density at radius 2 is 1.71 bits per heavy atom. The summed E-state index contributed by atoms with van der Waals surface area (Å²) in [6.45, 7) is 18.9. The van der Waals surface area contributed by atoms with Crippen LogP contribution < -0.4 is 14.8 Å². The number of likely N-dealkylation sites (tertiary alicyclic amines) is 1. The highest BCUT2D eigenvalue weighted by Crippen LogP contribution is 2.40. The van der Waals surface area contributed by atoms with Crippen LogP contribution >= 0.6 is 0 Å². The van der Waals surface area contributed by atoms with Crippen molar-refractivity contribution in [1.29, 1.82) is 0 Å². The quantitative estimate of drug-likeness (QED) is 0.106. The van der Waals surface area contributed by atoms with E-state index >= 15 is 0 Å². The molecule has 5 atom stereocenters. The number of hydrogen-bond acceptors (Lipinski definition) is 12. The van der Waals surface area contributed by atoms with Crippen LogP contribution in [0.5, 0.6) is 11.6 Å². The van der Waals surface area contributed by atoms with Gasteiger partial charge in [-0.1, -0.05) is 40.2 Å². The van der Waals surface area contributed by atoms with Crippen LogP contribution in [0.15, 0.2) is 24.5 Å². The van der Waals surface area contributed by atoms with Gasteiger partial charge in [-0.25, -0.2) is 24.2 Å². The average molecular weight is 783 g/mol. The molecule has 4 rings (SSSR count). The standard InChI is InChI=1S/C42H62N4O10/c1-12-13-21-52-33-28(18-16-14-15-17-26-22-32(26)54-38(49)45-34(40(2,3)4)37(48)55-41(5,6)7)35(44-30-19-20-43-24-29(30)33)53-27-23-31(36(47)51-11)46(25-27)39(50)56-42(8,9)10/h16,18-20,24,26-27,31-32,34H,12-15,17,21-23,25H2,1-11H3,(H,45,49)/b18-16+/t26-,27-,31+,32-,34-/m1/s1. The van der Waals surface area contributed by atoms with Gasteiger partial charge in [0.1, 0.15) is 41.2 Å². The number of rotatable bonds is 15. The zero-order valence-electron chi connectivity index (χ0n) is 35.1. The summed E-state index contributed by atoms with van der Waals surface area (Å²) in [5.74, 6) is 0.0792. The van der Waals surface area contributed by atoms with Gasteiger partial charge in [-0.15, -0.1) is 0 Å². The zero-order valence-corrected chi connectivity index (χ0v) is 35.1. The van der Waals surface area contributed by atoms with Gasteiger partial charge in [-0.2, -0.15) is 0 Å². The van der Waals surface area contributed by atoms with Crippen LogP contribution in [0, 0.1) is 11.3 Å². The maximum absolute atomic E-state index is 13.1. The summed E-state index contributed by atoms with van der Waals surface area (Å²) in [6.07, 6.45) is 10.4. The highest BCUT2D eigenvalue weighted by molar-refractivity contribution is 5.90. The van der Waals surface area contributed by atoms with Gasteiger partial charge in [0.15, 0.2) is 0 Å². The van der Waals surface area contributed by atoms with Crippen molar-refractivity contribution in [2.45, 2.75) is 150 Å². The van der Waals surface area contributed by atoms with Gasteiger partial charge in [-0.3, -0.25) is 9.88 Å². The number of methoxy groups -OCH3 is 1. The number of nitrogens with zero attached hydrogens (tertiary/aromatic N) is 3. The Morgan fingerprint density at radius 3 is 2.36 bits per heavy atom.